The van der Waals surface area contributed by atoms with Crippen LogP contribution >= 0.6 is 0 Å². The van der Waals surface area contributed by atoms with E-state index in [1.165, 1.54) is 0 Å². The van der Waals surface area contributed by atoms with E-state index in [9.17, 15) is 9.59 Å². The molecule has 1 aliphatic carbocycles. The molecule has 1 amide bonds. The summed E-state index contributed by atoms with van der Waals surface area (Å²) in [6.07, 6.45) is 5.28. The molecule has 1 aliphatic rings. The lowest BCUT2D eigenvalue weighted by atomic mass is 10.1. The first kappa shape index (κ1) is 13.7. The molecule has 4 rings (SSSR count). The van der Waals surface area contributed by atoms with Crippen LogP contribution in [0.2, 0.25) is 0 Å². The van der Waals surface area contributed by atoms with E-state index in [0.29, 0.717) is 22.2 Å². The molecule has 1 fully saturated rings. The number of hydrogen-bond donors (Lipinski definition) is 1. The van der Waals surface area contributed by atoms with Crippen molar-refractivity contribution in [3.05, 3.63) is 70.8 Å². The Hall–Kier alpha value is -2.95. The van der Waals surface area contributed by atoms with Crippen molar-refractivity contribution < 1.29 is 4.79 Å². The van der Waals surface area contributed by atoms with Crippen molar-refractivity contribution in [3.63, 3.8) is 0 Å². The number of anilines is 1. The number of pyridine rings is 2. The molecule has 2 aromatic heterocycles. The summed E-state index contributed by atoms with van der Waals surface area (Å²) in [7, 11) is 0. The summed E-state index contributed by atoms with van der Waals surface area (Å²) in [4.78, 5) is 29.3. The summed E-state index contributed by atoms with van der Waals surface area (Å²) in [6.45, 7) is 0. The summed E-state index contributed by atoms with van der Waals surface area (Å²) < 4.78 is 1.69. The van der Waals surface area contributed by atoms with Gasteiger partial charge in [-0.05, 0) is 31.0 Å². The molecule has 0 saturated heterocycles. The van der Waals surface area contributed by atoms with Crippen LogP contribution in [0.5, 0.6) is 0 Å². The van der Waals surface area contributed by atoms with Crippen LogP contribution in [-0.4, -0.2) is 15.5 Å². The first-order valence-corrected chi connectivity index (χ1v) is 7.60. The van der Waals surface area contributed by atoms with Gasteiger partial charge >= 0.3 is 0 Å². The van der Waals surface area contributed by atoms with Crippen LogP contribution in [-0.2, 0) is 0 Å². The van der Waals surface area contributed by atoms with Crippen LogP contribution in [0, 0.1) is 0 Å². The maximum Gasteiger partial charge on any atom is 0.258 e. The highest BCUT2D eigenvalue weighted by Crippen LogP contribution is 2.34. The Kier molecular flexibility index (Phi) is 3.19. The number of carbonyl (C=O) groups is 1. The van der Waals surface area contributed by atoms with Gasteiger partial charge in [0.2, 0.25) is 0 Å². The number of rotatable bonds is 3. The standard InChI is InChI=1S/C18H15N3O2/c22-17(20-16-7-3-4-10-19-16)15-11-21(12-8-9-12)18(23)14-6-2-1-5-13(14)15/h1-7,10-12H,8-9H2,(H,19,20,22). The summed E-state index contributed by atoms with van der Waals surface area (Å²) in [5, 5.41) is 4.04. The zero-order valence-electron chi connectivity index (χ0n) is 12.4. The number of hydrogen-bond acceptors (Lipinski definition) is 3. The van der Waals surface area contributed by atoms with Crippen LogP contribution in [0.15, 0.2) is 59.7 Å². The van der Waals surface area contributed by atoms with Crippen LogP contribution in [0.4, 0.5) is 5.82 Å². The highest BCUT2D eigenvalue weighted by molar-refractivity contribution is 6.12. The second-order valence-corrected chi connectivity index (χ2v) is 5.70. The second-order valence-electron chi connectivity index (χ2n) is 5.70. The van der Waals surface area contributed by atoms with Crippen molar-refractivity contribution in [2.75, 3.05) is 5.32 Å². The van der Waals surface area contributed by atoms with Gasteiger partial charge in [-0.3, -0.25) is 9.59 Å². The third kappa shape index (κ3) is 2.50. The Morgan fingerprint density at radius 3 is 2.52 bits per heavy atom. The summed E-state index contributed by atoms with van der Waals surface area (Å²) >= 11 is 0. The van der Waals surface area contributed by atoms with Crippen LogP contribution in [0.3, 0.4) is 0 Å². The predicted molar refractivity (Wildman–Crippen MR) is 88.7 cm³/mol. The molecule has 2 heterocycles. The molecule has 23 heavy (non-hydrogen) atoms. The van der Waals surface area contributed by atoms with Gasteiger partial charge < -0.3 is 9.88 Å². The smallest absolute Gasteiger partial charge is 0.258 e. The van der Waals surface area contributed by atoms with E-state index in [4.69, 9.17) is 0 Å². The lowest BCUT2D eigenvalue weighted by Crippen LogP contribution is -2.23. The van der Waals surface area contributed by atoms with Gasteiger partial charge in [0.15, 0.2) is 0 Å². The largest absolute Gasteiger partial charge is 0.311 e. The summed E-state index contributed by atoms with van der Waals surface area (Å²) in [6, 6.07) is 12.8. The molecule has 0 atom stereocenters. The SMILES string of the molecule is O=C(Nc1ccccn1)c1cn(C2CC2)c(=O)c2ccccc12. The topological polar surface area (TPSA) is 64.0 Å². The van der Waals surface area contributed by atoms with E-state index in [2.05, 4.69) is 10.3 Å². The van der Waals surface area contributed by atoms with Gasteiger partial charge in [-0.25, -0.2) is 4.98 Å². The first-order chi connectivity index (χ1) is 11.2. The lowest BCUT2D eigenvalue weighted by molar-refractivity contribution is 0.102. The average molecular weight is 305 g/mol. The number of nitrogens with zero attached hydrogens (tertiary/aromatic N) is 2. The van der Waals surface area contributed by atoms with E-state index in [1.807, 2.05) is 18.2 Å². The second kappa shape index (κ2) is 5.35. The first-order valence-electron chi connectivity index (χ1n) is 7.60. The molecule has 0 bridgehead atoms. The van der Waals surface area contributed by atoms with Gasteiger partial charge in [0.05, 0.1) is 5.56 Å². The predicted octanol–water partition coefficient (Wildman–Crippen LogP) is 2.98. The van der Waals surface area contributed by atoms with Crippen molar-refractivity contribution in [1.29, 1.82) is 0 Å². The minimum absolute atomic E-state index is 0.0301. The highest BCUT2D eigenvalue weighted by Gasteiger charge is 2.26. The molecule has 5 heteroatoms. The molecule has 0 radical (unpaired) electrons. The molecular formula is C18H15N3O2. The molecule has 0 spiro atoms. The summed E-state index contributed by atoms with van der Waals surface area (Å²) in [5.74, 6) is 0.236. The molecule has 3 aromatic rings. The van der Waals surface area contributed by atoms with Gasteiger partial charge in [-0.2, -0.15) is 0 Å². The molecule has 114 valence electrons. The van der Waals surface area contributed by atoms with Crippen molar-refractivity contribution in [2.24, 2.45) is 0 Å². The molecule has 5 nitrogen and oxygen atoms in total. The average Bonchev–Trinajstić information content (AvgIpc) is 3.41. The fraction of sp³-hybridized carbons (Fsp3) is 0.167. The van der Waals surface area contributed by atoms with E-state index >= 15 is 0 Å². The van der Waals surface area contributed by atoms with E-state index < -0.39 is 0 Å². The van der Waals surface area contributed by atoms with E-state index in [0.717, 1.165) is 12.8 Å². The third-order valence-corrected chi connectivity index (χ3v) is 4.04. The van der Waals surface area contributed by atoms with Gasteiger partial charge in [0.1, 0.15) is 5.82 Å². The number of fused-ring (bicyclic) bond motifs is 1. The van der Waals surface area contributed by atoms with Crippen molar-refractivity contribution >= 4 is 22.5 Å². The van der Waals surface area contributed by atoms with Gasteiger partial charge in [-0.15, -0.1) is 0 Å². The Balaban J connectivity index is 1.84. The number of amides is 1. The Labute approximate surface area is 132 Å². The minimum atomic E-state index is -0.255. The molecule has 0 aliphatic heterocycles. The fourth-order valence-corrected chi connectivity index (χ4v) is 2.74. The molecular weight excluding hydrogens is 290 g/mol. The van der Waals surface area contributed by atoms with Crippen LogP contribution in [0.1, 0.15) is 29.2 Å². The molecule has 0 unspecified atom stereocenters. The Morgan fingerprint density at radius 1 is 1.09 bits per heavy atom. The number of benzene rings is 1. The quantitative estimate of drug-likeness (QED) is 0.809. The van der Waals surface area contributed by atoms with Gasteiger partial charge in [-0.1, -0.05) is 24.3 Å². The fourth-order valence-electron chi connectivity index (χ4n) is 2.74. The number of aromatic nitrogens is 2. The van der Waals surface area contributed by atoms with Gasteiger partial charge in [0.25, 0.3) is 11.5 Å². The van der Waals surface area contributed by atoms with E-state index in [1.54, 1.807) is 41.2 Å². The van der Waals surface area contributed by atoms with Crippen molar-refractivity contribution in [3.8, 4) is 0 Å². The lowest BCUT2D eigenvalue weighted by Gasteiger charge is -2.11. The zero-order valence-corrected chi connectivity index (χ0v) is 12.4. The minimum Gasteiger partial charge on any atom is -0.311 e. The molecule has 1 saturated carbocycles. The monoisotopic (exact) mass is 305 g/mol. The maximum atomic E-state index is 12.7. The van der Waals surface area contributed by atoms with Gasteiger partial charge in [0, 0.05) is 29.2 Å². The van der Waals surface area contributed by atoms with Crippen LogP contribution in [0.25, 0.3) is 10.8 Å². The van der Waals surface area contributed by atoms with E-state index in [-0.39, 0.29) is 17.5 Å². The van der Waals surface area contributed by atoms with Crippen molar-refractivity contribution in [2.45, 2.75) is 18.9 Å². The normalized spacial score (nSPS) is 13.9. The third-order valence-electron chi connectivity index (χ3n) is 4.04. The Bertz CT molecular complexity index is 943. The maximum absolute atomic E-state index is 12.7. The number of carbonyl (C=O) groups excluding carboxylic acids is 1. The zero-order chi connectivity index (χ0) is 15.8. The Morgan fingerprint density at radius 2 is 1.83 bits per heavy atom. The molecule has 1 aromatic carbocycles. The van der Waals surface area contributed by atoms with Crippen molar-refractivity contribution in [1.82, 2.24) is 9.55 Å². The molecule has 1 N–H and O–H groups in total. The van der Waals surface area contributed by atoms with Crippen LogP contribution < -0.4 is 10.9 Å². The highest BCUT2D eigenvalue weighted by atomic mass is 16.2. The summed E-state index contributed by atoms with van der Waals surface area (Å²) in [5.41, 5.74) is 0.468. The number of nitrogens with one attached hydrogen (secondary N) is 1.